The molecule has 1 heterocycles. The van der Waals surface area contributed by atoms with Crippen LogP contribution in [0.3, 0.4) is 0 Å². The van der Waals surface area contributed by atoms with Gasteiger partial charge in [-0.15, -0.1) is 0 Å². The molecule has 0 radical (unpaired) electrons. The number of primary amides is 1. The van der Waals surface area contributed by atoms with Crippen LogP contribution in [0, 0.1) is 0 Å². The molecule has 1 aromatic rings. The summed E-state index contributed by atoms with van der Waals surface area (Å²) < 4.78 is 5.69. The SMILES string of the molecule is CC(OCc1ccccc1)C(=O)N1CCCCC1CC(N)=O. The van der Waals surface area contributed by atoms with Crippen molar-refractivity contribution in [3.05, 3.63) is 35.9 Å². The van der Waals surface area contributed by atoms with Crippen LogP contribution in [-0.2, 0) is 20.9 Å². The predicted octanol–water partition coefficient (Wildman–Crippen LogP) is 1.85. The second kappa shape index (κ2) is 7.94. The van der Waals surface area contributed by atoms with Gasteiger partial charge in [0.15, 0.2) is 0 Å². The summed E-state index contributed by atoms with van der Waals surface area (Å²) in [5, 5.41) is 0. The number of benzene rings is 1. The third-order valence-corrected chi connectivity index (χ3v) is 4.04. The van der Waals surface area contributed by atoms with Crippen LogP contribution < -0.4 is 5.73 Å². The zero-order chi connectivity index (χ0) is 15.9. The lowest BCUT2D eigenvalue weighted by atomic mass is 9.98. The van der Waals surface area contributed by atoms with E-state index in [1.807, 2.05) is 30.3 Å². The molecule has 1 aromatic carbocycles. The molecule has 5 heteroatoms. The van der Waals surface area contributed by atoms with Crippen LogP contribution in [0.25, 0.3) is 0 Å². The second-order valence-electron chi connectivity index (χ2n) is 5.79. The Labute approximate surface area is 131 Å². The molecule has 2 N–H and O–H groups in total. The zero-order valence-corrected chi connectivity index (χ0v) is 13.0. The predicted molar refractivity (Wildman–Crippen MR) is 83.9 cm³/mol. The van der Waals surface area contributed by atoms with Gasteiger partial charge in [0.2, 0.25) is 5.91 Å². The highest BCUT2D eigenvalue weighted by Gasteiger charge is 2.30. The Bertz CT molecular complexity index is 504. The summed E-state index contributed by atoms with van der Waals surface area (Å²) in [5.74, 6) is -0.413. The molecule has 0 aliphatic carbocycles. The number of amides is 2. The summed E-state index contributed by atoms with van der Waals surface area (Å²) >= 11 is 0. The Morgan fingerprint density at radius 3 is 2.73 bits per heavy atom. The maximum absolute atomic E-state index is 12.6. The lowest BCUT2D eigenvalue weighted by Gasteiger charge is -2.36. The first kappa shape index (κ1) is 16.5. The third kappa shape index (κ3) is 4.56. The van der Waals surface area contributed by atoms with Crippen LogP contribution in [0.5, 0.6) is 0 Å². The van der Waals surface area contributed by atoms with Crippen LogP contribution in [0.1, 0.15) is 38.2 Å². The smallest absolute Gasteiger partial charge is 0.251 e. The molecule has 5 nitrogen and oxygen atoms in total. The van der Waals surface area contributed by atoms with Gasteiger partial charge in [-0.2, -0.15) is 0 Å². The summed E-state index contributed by atoms with van der Waals surface area (Å²) in [4.78, 5) is 25.5. The molecule has 2 amide bonds. The maximum Gasteiger partial charge on any atom is 0.251 e. The monoisotopic (exact) mass is 304 g/mol. The van der Waals surface area contributed by atoms with Gasteiger partial charge in [-0.05, 0) is 31.7 Å². The molecule has 2 rings (SSSR count). The van der Waals surface area contributed by atoms with Crippen LogP contribution in [0.4, 0.5) is 0 Å². The number of ether oxygens (including phenoxy) is 1. The molecule has 2 atom stereocenters. The van der Waals surface area contributed by atoms with E-state index in [9.17, 15) is 9.59 Å². The Kier molecular flexibility index (Phi) is 5.95. The molecular formula is C17H24N2O3. The van der Waals surface area contributed by atoms with Crippen LogP contribution in [0.15, 0.2) is 30.3 Å². The van der Waals surface area contributed by atoms with Gasteiger partial charge in [-0.1, -0.05) is 30.3 Å². The summed E-state index contributed by atoms with van der Waals surface area (Å²) in [6, 6.07) is 9.68. The number of carbonyl (C=O) groups is 2. The van der Waals surface area contributed by atoms with Gasteiger partial charge >= 0.3 is 0 Å². The first-order chi connectivity index (χ1) is 10.6. The van der Waals surface area contributed by atoms with E-state index in [1.165, 1.54) is 0 Å². The van der Waals surface area contributed by atoms with Gasteiger partial charge in [-0.25, -0.2) is 0 Å². The number of carbonyl (C=O) groups excluding carboxylic acids is 2. The Morgan fingerprint density at radius 2 is 2.05 bits per heavy atom. The minimum atomic E-state index is -0.520. The summed E-state index contributed by atoms with van der Waals surface area (Å²) in [7, 11) is 0. The van der Waals surface area contributed by atoms with E-state index in [-0.39, 0.29) is 24.3 Å². The highest BCUT2D eigenvalue weighted by atomic mass is 16.5. The second-order valence-corrected chi connectivity index (χ2v) is 5.79. The number of nitrogens with zero attached hydrogens (tertiary/aromatic N) is 1. The topological polar surface area (TPSA) is 72.6 Å². The van der Waals surface area contributed by atoms with E-state index in [2.05, 4.69) is 0 Å². The van der Waals surface area contributed by atoms with Gasteiger partial charge in [0.05, 0.1) is 6.61 Å². The number of piperidine rings is 1. The van der Waals surface area contributed by atoms with Crippen LogP contribution in [-0.4, -0.2) is 35.4 Å². The summed E-state index contributed by atoms with van der Waals surface area (Å²) in [5.41, 5.74) is 6.32. The van der Waals surface area contributed by atoms with Crippen LogP contribution >= 0.6 is 0 Å². The van der Waals surface area contributed by atoms with Crippen molar-refractivity contribution in [3.63, 3.8) is 0 Å². The Morgan fingerprint density at radius 1 is 1.32 bits per heavy atom. The molecule has 0 saturated carbocycles. The zero-order valence-electron chi connectivity index (χ0n) is 13.0. The molecule has 120 valence electrons. The minimum Gasteiger partial charge on any atom is -0.370 e. The van der Waals surface area contributed by atoms with Gasteiger partial charge in [0.1, 0.15) is 6.10 Å². The molecule has 1 aliphatic heterocycles. The summed E-state index contributed by atoms with van der Waals surface area (Å²) in [6.45, 7) is 2.85. The van der Waals surface area contributed by atoms with E-state index >= 15 is 0 Å². The van der Waals surface area contributed by atoms with Crippen molar-refractivity contribution in [1.29, 1.82) is 0 Å². The van der Waals surface area contributed by atoms with Crippen molar-refractivity contribution in [2.24, 2.45) is 5.73 Å². The van der Waals surface area contributed by atoms with Crippen LogP contribution in [0.2, 0.25) is 0 Å². The molecule has 0 aromatic heterocycles. The van der Waals surface area contributed by atoms with Gasteiger partial charge in [0.25, 0.3) is 5.91 Å². The Balaban J connectivity index is 1.91. The highest BCUT2D eigenvalue weighted by Crippen LogP contribution is 2.21. The summed E-state index contributed by atoms with van der Waals surface area (Å²) in [6.07, 6.45) is 2.54. The molecule has 1 aliphatic rings. The van der Waals surface area contributed by atoms with E-state index in [0.29, 0.717) is 13.2 Å². The van der Waals surface area contributed by atoms with Crippen molar-refractivity contribution >= 4 is 11.8 Å². The fourth-order valence-corrected chi connectivity index (χ4v) is 2.84. The lowest BCUT2D eigenvalue weighted by Crippen LogP contribution is -2.49. The fraction of sp³-hybridized carbons (Fsp3) is 0.529. The van der Waals surface area contributed by atoms with Gasteiger partial charge < -0.3 is 15.4 Å². The number of nitrogens with two attached hydrogens (primary N) is 1. The third-order valence-electron chi connectivity index (χ3n) is 4.04. The average molecular weight is 304 g/mol. The first-order valence-electron chi connectivity index (χ1n) is 7.82. The molecule has 22 heavy (non-hydrogen) atoms. The van der Waals surface area contributed by atoms with Gasteiger partial charge in [-0.3, -0.25) is 9.59 Å². The molecule has 0 bridgehead atoms. The Hall–Kier alpha value is -1.88. The van der Waals surface area contributed by atoms with Crippen molar-refractivity contribution in [2.45, 2.75) is 51.4 Å². The molecule has 0 spiro atoms. The average Bonchev–Trinajstić information content (AvgIpc) is 2.53. The van der Waals surface area contributed by atoms with Crippen molar-refractivity contribution in [1.82, 2.24) is 4.90 Å². The molecule has 1 fully saturated rings. The number of hydrogen-bond acceptors (Lipinski definition) is 3. The van der Waals surface area contributed by atoms with Gasteiger partial charge in [0, 0.05) is 19.0 Å². The molecule has 2 unspecified atom stereocenters. The van der Waals surface area contributed by atoms with Crippen molar-refractivity contribution in [2.75, 3.05) is 6.54 Å². The normalized spacial score (nSPS) is 19.7. The fourth-order valence-electron chi connectivity index (χ4n) is 2.84. The van der Waals surface area contributed by atoms with Crippen molar-refractivity contribution < 1.29 is 14.3 Å². The first-order valence-corrected chi connectivity index (χ1v) is 7.82. The standard InChI is InChI=1S/C17H24N2O3/c1-13(22-12-14-7-3-2-4-8-14)17(21)19-10-6-5-9-15(19)11-16(18)20/h2-4,7-8,13,15H,5-6,9-12H2,1H3,(H2,18,20). The number of likely N-dealkylation sites (tertiary alicyclic amines) is 1. The van der Waals surface area contributed by atoms with E-state index in [4.69, 9.17) is 10.5 Å². The van der Waals surface area contributed by atoms with E-state index < -0.39 is 6.10 Å². The maximum atomic E-state index is 12.6. The van der Waals surface area contributed by atoms with Crippen molar-refractivity contribution in [3.8, 4) is 0 Å². The molecule has 1 saturated heterocycles. The lowest BCUT2D eigenvalue weighted by molar-refractivity contribution is -0.147. The minimum absolute atomic E-state index is 0.0538. The van der Waals surface area contributed by atoms with E-state index in [1.54, 1.807) is 11.8 Å². The quantitative estimate of drug-likeness (QED) is 0.871. The highest BCUT2D eigenvalue weighted by molar-refractivity contribution is 5.82. The number of hydrogen-bond donors (Lipinski definition) is 1. The van der Waals surface area contributed by atoms with E-state index in [0.717, 1.165) is 24.8 Å². The molecular weight excluding hydrogens is 280 g/mol. The number of rotatable bonds is 6. The largest absolute Gasteiger partial charge is 0.370 e.